The third-order valence-electron chi connectivity index (χ3n) is 6.91. The van der Waals surface area contributed by atoms with Gasteiger partial charge in [-0.3, -0.25) is 4.79 Å². The first-order valence-electron chi connectivity index (χ1n) is 10.2. The summed E-state index contributed by atoms with van der Waals surface area (Å²) in [5, 5.41) is 3.08. The maximum atomic E-state index is 13.1. The van der Waals surface area contributed by atoms with Crippen molar-refractivity contribution < 1.29 is 13.2 Å². The fourth-order valence-corrected chi connectivity index (χ4v) is 7.11. The summed E-state index contributed by atoms with van der Waals surface area (Å²) in [6.07, 6.45) is 7.73. The fraction of sp³-hybridized carbons (Fsp3) is 0.667. The Balaban J connectivity index is 1.45. The van der Waals surface area contributed by atoms with Crippen molar-refractivity contribution in [3.8, 4) is 0 Å². The highest BCUT2D eigenvalue weighted by Gasteiger charge is 2.54. The van der Waals surface area contributed by atoms with Crippen molar-refractivity contribution in [2.45, 2.75) is 69.7 Å². The van der Waals surface area contributed by atoms with Crippen LogP contribution in [0.15, 0.2) is 29.2 Å². The third kappa shape index (κ3) is 3.66. The molecular weight excluding hydrogens is 360 g/mol. The van der Waals surface area contributed by atoms with Gasteiger partial charge in [0.25, 0.3) is 0 Å². The first-order valence-corrected chi connectivity index (χ1v) is 11.7. The van der Waals surface area contributed by atoms with Crippen LogP contribution in [0.25, 0.3) is 0 Å². The average Bonchev–Trinajstić information content (AvgIpc) is 2.60. The smallest absolute Gasteiger partial charge is 0.240 e. The van der Waals surface area contributed by atoms with Crippen LogP contribution in [0, 0.1) is 23.2 Å². The van der Waals surface area contributed by atoms with Gasteiger partial charge in [-0.1, -0.05) is 6.92 Å². The Bertz CT molecular complexity index is 781. The van der Waals surface area contributed by atoms with E-state index in [-0.39, 0.29) is 22.3 Å². The van der Waals surface area contributed by atoms with Crippen LogP contribution in [-0.2, 0) is 14.8 Å². The van der Waals surface area contributed by atoms with E-state index < -0.39 is 10.0 Å². The molecule has 0 saturated heterocycles. The van der Waals surface area contributed by atoms with Gasteiger partial charge in [-0.2, -0.15) is 0 Å². The van der Waals surface area contributed by atoms with Gasteiger partial charge in [-0.25, -0.2) is 13.1 Å². The first kappa shape index (κ1) is 18.9. The number of hydrogen-bond acceptors (Lipinski definition) is 3. The minimum Gasteiger partial charge on any atom is -0.326 e. The first-order chi connectivity index (χ1) is 12.8. The van der Waals surface area contributed by atoms with Crippen molar-refractivity contribution in [1.29, 1.82) is 0 Å². The van der Waals surface area contributed by atoms with E-state index in [4.69, 9.17) is 0 Å². The van der Waals surface area contributed by atoms with Gasteiger partial charge in [-0.05, 0) is 93.9 Å². The Labute approximate surface area is 162 Å². The molecule has 5 nitrogen and oxygen atoms in total. The van der Waals surface area contributed by atoms with Crippen LogP contribution in [-0.4, -0.2) is 20.4 Å². The van der Waals surface area contributed by atoms with E-state index in [1.807, 2.05) is 13.8 Å². The lowest BCUT2D eigenvalue weighted by molar-refractivity contribution is -0.140. The van der Waals surface area contributed by atoms with Gasteiger partial charge in [0, 0.05) is 11.7 Å². The van der Waals surface area contributed by atoms with Crippen molar-refractivity contribution >= 4 is 21.6 Å². The Morgan fingerprint density at radius 1 is 1.07 bits per heavy atom. The van der Waals surface area contributed by atoms with Crippen molar-refractivity contribution in [1.82, 2.24) is 4.72 Å². The molecule has 1 atom stereocenters. The molecule has 0 radical (unpaired) electrons. The number of benzene rings is 1. The van der Waals surface area contributed by atoms with E-state index >= 15 is 0 Å². The van der Waals surface area contributed by atoms with E-state index in [9.17, 15) is 13.2 Å². The lowest BCUT2D eigenvalue weighted by Gasteiger charge is -2.55. The number of nitrogens with one attached hydrogen (secondary N) is 2. The second-order valence-electron chi connectivity index (χ2n) is 9.11. The van der Waals surface area contributed by atoms with Crippen LogP contribution >= 0.6 is 0 Å². The summed E-state index contributed by atoms with van der Waals surface area (Å²) in [5.74, 6) is 2.30. The van der Waals surface area contributed by atoms with E-state index in [1.54, 1.807) is 24.3 Å². The molecule has 1 aromatic carbocycles. The summed E-state index contributed by atoms with van der Waals surface area (Å²) < 4.78 is 27.4. The molecule has 0 aromatic heterocycles. The van der Waals surface area contributed by atoms with Gasteiger partial charge in [0.2, 0.25) is 15.9 Å². The average molecular weight is 391 g/mol. The Morgan fingerprint density at radius 2 is 1.59 bits per heavy atom. The quantitative estimate of drug-likeness (QED) is 0.773. The zero-order chi connectivity index (χ0) is 19.2. The number of amides is 1. The monoisotopic (exact) mass is 390 g/mol. The number of carbonyl (C=O) groups excluding carboxylic acids is 1. The zero-order valence-corrected chi connectivity index (χ0v) is 17.0. The molecule has 1 amide bonds. The lowest BCUT2D eigenvalue weighted by atomic mass is 9.49. The van der Waals surface area contributed by atoms with Crippen LogP contribution in [0.5, 0.6) is 0 Å². The van der Waals surface area contributed by atoms with Crippen molar-refractivity contribution in [2.75, 3.05) is 5.32 Å². The maximum Gasteiger partial charge on any atom is 0.240 e. The van der Waals surface area contributed by atoms with Gasteiger partial charge in [0.1, 0.15) is 0 Å². The number of sulfonamides is 1. The summed E-state index contributed by atoms with van der Waals surface area (Å²) in [6.45, 7) is 3.79. The van der Waals surface area contributed by atoms with Gasteiger partial charge in [-0.15, -0.1) is 0 Å². The number of carbonyl (C=O) groups is 1. The number of rotatable bonds is 6. The predicted octanol–water partition coefficient (Wildman–Crippen LogP) is 3.92. The highest BCUT2D eigenvalue weighted by atomic mass is 32.2. The SMILES string of the molecule is CCC(C)NS(=O)(=O)c1ccc(NC(=O)C23CC4CC(CC(C4)C2)C3)cc1. The molecule has 0 heterocycles. The van der Waals surface area contributed by atoms with Crippen LogP contribution in [0.1, 0.15) is 58.8 Å². The van der Waals surface area contributed by atoms with Crippen molar-refractivity contribution in [3.63, 3.8) is 0 Å². The molecule has 4 fully saturated rings. The van der Waals surface area contributed by atoms with Crippen LogP contribution in [0.4, 0.5) is 5.69 Å². The summed E-state index contributed by atoms with van der Waals surface area (Å²) >= 11 is 0. The van der Waals surface area contributed by atoms with Gasteiger partial charge in [0.05, 0.1) is 10.3 Å². The van der Waals surface area contributed by atoms with Crippen LogP contribution < -0.4 is 10.0 Å². The molecule has 6 heteroatoms. The highest BCUT2D eigenvalue weighted by molar-refractivity contribution is 7.89. The topological polar surface area (TPSA) is 75.3 Å². The zero-order valence-electron chi connectivity index (χ0n) is 16.2. The van der Waals surface area contributed by atoms with Crippen LogP contribution in [0.2, 0.25) is 0 Å². The molecule has 5 rings (SSSR count). The molecule has 4 saturated carbocycles. The number of hydrogen-bond donors (Lipinski definition) is 2. The molecule has 1 aromatic rings. The van der Waals surface area contributed by atoms with Gasteiger partial charge < -0.3 is 5.32 Å². The summed E-state index contributed by atoms with van der Waals surface area (Å²) in [7, 11) is -3.52. The molecule has 2 N–H and O–H groups in total. The second kappa shape index (κ2) is 6.89. The largest absolute Gasteiger partial charge is 0.326 e. The summed E-state index contributed by atoms with van der Waals surface area (Å²) in [5.41, 5.74) is 0.482. The van der Waals surface area contributed by atoms with Gasteiger partial charge in [0.15, 0.2) is 0 Å². The predicted molar refractivity (Wildman–Crippen MR) is 106 cm³/mol. The normalized spacial score (nSPS) is 33.0. The molecule has 148 valence electrons. The lowest BCUT2D eigenvalue weighted by Crippen LogP contribution is -2.51. The molecule has 4 bridgehead atoms. The molecule has 27 heavy (non-hydrogen) atoms. The van der Waals surface area contributed by atoms with Gasteiger partial charge >= 0.3 is 0 Å². The second-order valence-corrected chi connectivity index (χ2v) is 10.8. The molecule has 1 unspecified atom stereocenters. The number of anilines is 1. The summed E-state index contributed by atoms with van der Waals surface area (Å²) in [6, 6.07) is 6.43. The van der Waals surface area contributed by atoms with E-state index in [2.05, 4.69) is 10.0 Å². The molecule has 0 aliphatic heterocycles. The molecule has 4 aliphatic carbocycles. The molecule has 0 spiro atoms. The van der Waals surface area contributed by atoms with Crippen molar-refractivity contribution in [3.05, 3.63) is 24.3 Å². The Morgan fingerprint density at radius 3 is 2.07 bits per heavy atom. The van der Waals surface area contributed by atoms with E-state index in [0.717, 1.165) is 43.4 Å². The Kier molecular flexibility index (Phi) is 4.83. The van der Waals surface area contributed by atoms with E-state index in [1.165, 1.54) is 19.3 Å². The van der Waals surface area contributed by atoms with E-state index in [0.29, 0.717) is 5.69 Å². The minimum atomic E-state index is -3.52. The third-order valence-corrected chi connectivity index (χ3v) is 8.52. The summed E-state index contributed by atoms with van der Waals surface area (Å²) in [4.78, 5) is 13.3. The fourth-order valence-electron chi connectivity index (χ4n) is 5.79. The highest BCUT2D eigenvalue weighted by Crippen LogP contribution is 2.60. The van der Waals surface area contributed by atoms with Crippen LogP contribution in [0.3, 0.4) is 0 Å². The Hall–Kier alpha value is -1.40. The maximum absolute atomic E-state index is 13.1. The molecule has 4 aliphatic rings. The minimum absolute atomic E-state index is 0.106. The standard InChI is InChI=1S/C21H30N2O3S/c1-3-14(2)23-27(25,26)19-6-4-18(5-7-19)22-20(24)21-11-15-8-16(12-21)10-17(9-15)13-21/h4-7,14-17,23H,3,8-13H2,1-2H3,(H,22,24). The molecular formula is C21H30N2O3S. The van der Waals surface area contributed by atoms with Crippen molar-refractivity contribution in [2.24, 2.45) is 23.2 Å².